The molecule has 3 amide bonds. The maximum Gasteiger partial charge on any atom is 0.328 e. The van der Waals surface area contributed by atoms with E-state index in [1.165, 1.54) is 11.8 Å². The zero-order chi connectivity index (χ0) is 26.4. The first-order valence-corrected chi connectivity index (χ1v) is 12.7. The zero-order valence-corrected chi connectivity index (χ0v) is 21.7. The Labute approximate surface area is 218 Å². The Hall–Kier alpha value is -3.93. The Kier molecular flexibility index (Phi) is 8.07. The average Bonchev–Trinajstić information content (AvgIpc) is 3.10. The van der Waals surface area contributed by atoms with Crippen LogP contribution in [0.15, 0.2) is 84.9 Å². The first-order valence-electron chi connectivity index (χ1n) is 12.7. The van der Waals surface area contributed by atoms with E-state index in [-0.39, 0.29) is 24.3 Å². The zero-order valence-electron chi connectivity index (χ0n) is 21.7. The van der Waals surface area contributed by atoms with E-state index in [0.717, 1.165) is 29.5 Å². The van der Waals surface area contributed by atoms with Crippen LogP contribution in [0.5, 0.6) is 5.75 Å². The minimum atomic E-state index is -0.870. The Bertz CT molecular complexity index is 1220. The second-order valence-electron chi connectivity index (χ2n) is 10.0. The molecule has 0 aromatic heterocycles. The number of amides is 3. The highest BCUT2D eigenvalue weighted by molar-refractivity contribution is 6.04. The molecule has 1 fully saturated rings. The molecule has 1 heterocycles. The van der Waals surface area contributed by atoms with Crippen LogP contribution in [-0.2, 0) is 29.1 Å². The van der Waals surface area contributed by atoms with Gasteiger partial charge in [0, 0.05) is 6.54 Å². The standard InChI is InChI=1S/C31H34N2O4/c1-23(34)31(2,3)37-27-19-17-24(18-20-27)15-10-16-28-29(35)33(22-26-13-8-5-9-14-26)30(36)32(28)21-25-11-6-4-7-12-25/h4-9,11-14,17-20,28H,10,15-16,21-22H2,1-3H3. The van der Waals surface area contributed by atoms with Gasteiger partial charge in [0.15, 0.2) is 11.4 Å². The minimum Gasteiger partial charge on any atom is -0.480 e. The summed E-state index contributed by atoms with van der Waals surface area (Å²) in [6.45, 7) is 5.71. The summed E-state index contributed by atoms with van der Waals surface area (Å²) in [5.41, 5.74) is 2.17. The van der Waals surface area contributed by atoms with E-state index in [1.54, 1.807) is 18.7 Å². The van der Waals surface area contributed by atoms with Gasteiger partial charge in [-0.15, -0.1) is 0 Å². The van der Waals surface area contributed by atoms with Crippen LogP contribution in [0.2, 0.25) is 0 Å². The van der Waals surface area contributed by atoms with Crippen LogP contribution in [0.1, 0.15) is 50.3 Å². The summed E-state index contributed by atoms with van der Waals surface area (Å²) in [6.07, 6.45) is 2.11. The van der Waals surface area contributed by atoms with E-state index in [9.17, 15) is 14.4 Å². The molecule has 1 atom stereocenters. The Balaban J connectivity index is 1.42. The second kappa shape index (κ2) is 11.4. The van der Waals surface area contributed by atoms with Crippen molar-refractivity contribution >= 4 is 17.7 Å². The van der Waals surface area contributed by atoms with Crippen molar-refractivity contribution < 1.29 is 19.1 Å². The summed E-state index contributed by atoms with van der Waals surface area (Å²) >= 11 is 0. The number of hydrogen-bond acceptors (Lipinski definition) is 4. The molecule has 37 heavy (non-hydrogen) atoms. The third-order valence-corrected chi connectivity index (χ3v) is 6.87. The molecule has 0 aliphatic carbocycles. The van der Waals surface area contributed by atoms with E-state index >= 15 is 0 Å². The molecule has 192 valence electrons. The lowest BCUT2D eigenvalue weighted by Gasteiger charge is -2.23. The fourth-order valence-corrected chi connectivity index (χ4v) is 4.43. The summed E-state index contributed by atoms with van der Waals surface area (Å²) in [7, 11) is 0. The van der Waals surface area contributed by atoms with Gasteiger partial charge < -0.3 is 9.64 Å². The number of imide groups is 1. The number of urea groups is 1. The number of ketones is 1. The lowest BCUT2D eigenvalue weighted by molar-refractivity contribution is -0.130. The summed E-state index contributed by atoms with van der Waals surface area (Å²) < 4.78 is 5.82. The van der Waals surface area contributed by atoms with Crippen molar-refractivity contribution in [3.05, 3.63) is 102 Å². The molecule has 1 unspecified atom stereocenters. The Morgan fingerprint density at radius 3 is 1.95 bits per heavy atom. The van der Waals surface area contributed by atoms with Crippen molar-refractivity contribution in [1.82, 2.24) is 9.80 Å². The van der Waals surface area contributed by atoms with Crippen molar-refractivity contribution in [3.8, 4) is 5.75 Å². The highest BCUT2D eigenvalue weighted by Crippen LogP contribution is 2.27. The van der Waals surface area contributed by atoms with Gasteiger partial charge in [0.2, 0.25) is 0 Å². The monoisotopic (exact) mass is 498 g/mol. The lowest BCUT2D eigenvalue weighted by atomic mass is 10.0. The van der Waals surface area contributed by atoms with Gasteiger partial charge in [0.25, 0.3) is 5.91 Å². The quantitative estimate of drug-likeness (QED) is 0.314. The van der Waals surface area contributed by atoms with Gasteiger partial charge in [0.1, 0.15) is 11.8 Å². The molecule has 0 spiro atoms. The fourth-order valence-electron chi connectivity index (χ4n) is 4.43. The van der Waals surface area contributed by atoms with Crippen LogP contribution in [0, 0.1) is 0 Å². The van der Waals surface area contributed by atoms with Gasteiger partial charge >= 0.3 is 6.03 Å². The molecular weight excluding hydrogens is 464 g/mol. The maximum atomic E-state index is 13.4. The van der Waals surface area contributed by atoms with Crippen LogP contribution >= 0.6 is 0 Å². The van der Waals surface area contributed by atoms with Crippen molar-refractivity contribution in [3.63, 3.8) is 0 Å². The number of benzene rings is 3. The Morgan fingerprint density at radius 1 is 0.811 bits per heavy atom. The molecule has 4 rings (SSSR count). The van der Waals surface area contributed by atoms with E-state index in [1.807, 2.05) is 84.9 Å². The number of nitrogens with zero attached hydrogens (tertiary/aromatic N) is 2. The highest BCUT2D eigenvalue weighted by Gasteiger charge is 2.44. The van der Waals surface area contributed by atoms with Gasteiger partial charge in [-0.25, -0.2) is 4.79 Å². The van der Waals surface area contributed by atoms with E-state index < -0.39 is 11.6 Å². The molecule has 6 nitrogen and oxygen atoms in total. The molecule has 1 aliphatic heterocycles. The summed E-state index contributed by atoms with van der Waals surface area (Å²) in [5.74, 6) is 0.472. The minimum absolute atomic E-state index is 0.0336. The molecule has 0 radical (unpaired) electrons. The first kappa shape index (κ1) is 26.1. The predicted octanol–water partition coefficient (Wildman–Crippen LogP) is 5.79. The van der Waals surface area contributed by atoms with Crippen LogP contribution in [0.25, 0.3) is 0 Å². The maximum absolute atomic E-state index is 13.4. The third kappa shape index (κ3) is 6.45. The van der Waals surface area contributed by atoms with Gasteiger partial charge in [0.05, 0.1) is 6.54 Å². The Morgan fingerprint density at radius 2 is 1.38 bits per heavy atom. The van der Waals surface area contributed by atoms with E-state index in [4.69, 9.17) is 4.74 Å². The number of Topliss-reactive ketones (excluding diaryl/α,β-unsaturated/α-hetero) is 1. The third-order valence-electron chi connectivity index (χ3n) is 6.87. The largest absolute Gasteiger partial charge is 0.480 e. The molecule has 0 N–H and O–H groups in total. The number of carbonyl (C=O) groups excluding carboxylic acids is 3. The molecule has 3 aromatic rings. The number of carbonyl (C=O) groups is 3. The molecule has 1 saturated heterocycles. The average molecular weight is 499 g/mol. The molecule has 1 aliphatic rings. The van der Waals surface area contributed by atoms with E-state index in [0.29, 0.717) is 18.7 Å². The lowest BCUT2D eigenvalue weighted by Crippen LogP contribution is -2.36. The van der Waals surface area contributed by atoms with Crippen molar-refractivity contribution in [2.24, 2.45) is 0 Å². The van der Waals surface area contributed by atoms with Crippen LogP contribution in [0.3, 0.4) is 0 Å². The first-order chi connectivity index (χ1) is 17.7. The van der Waals surface area contributed by atoms with Gasteiger partial charge in [-0.1, -0.05) is 72.8 Å². The second-order valence-corrected chi connectivity index (χ2v) is 10.0. The molecule has 0 bridgehead atoms. The van der Waals surface area contributed by atoms with Gasteiger partial charge in [-0.3, -0.25) is 14.5 Å². The molecule has 6 heteroatoms. The molecule has 0 saturated carbocycles. The summed E-state index contributed by atoms with van der Waals surface area (Å²) in [5, 5.41) is 0. The molecule has 3 aromatic carbocycles. The van der Waals surface area contributed by atoms with Crippen LogP contribution < -0.4 is 4.74 Å². The van der Waals surface area contributed by atoms with Gasteiger partial charge in [-0.05, 0) is 68.9 Å². The smallest absolute Gasteiger partial charge is 0.328 e. The number of aryl methyl sites for hydroxylation is 1. The number of ether oxygens (including phenoxy) is 1. The van der Waals surface area contributed by atoms with Crippen LogP contribution in [-0.4, -0.2) is 39.2 Å². The molecular formula is C31H34N2O4. The summed E-state index contributed by atoms with van der Waals surface area (Å²) in [6, 6.07) is 26.4. The van der Waals surface area contributed by atoms with Crippen molar-refractivity contribution in [2.45, 2.75) is 64.8 Å². The van der Waals surface area contributed by atoms with Crippen molar-refractivity contribution in [2.75, 3.05) is 0 Å². The van der Waals surface area contributed by atoms with Gasteiger partial charge in [-0.2, -0.15) is 0 Å². The predicted molar refractivity (Wildman–Crippen MR) is 143 cm³/mol. The van der Waals surface area contributed by atoms with Crippen LogP contribution in [0.4, 0.5) is 4.79 Å². The fraction of sp³-hybridized carbons (Fsp3) is 0.323. The SMILES string of the molecule is CC(=O)C(C)(C)Oc1ccc(CCCC2C(=O)N(Cc3ccccc3)C(=O)N2Cc2ccccc2)cc1. The van der Waals surface area contributed by atoms with Crippen molar-refractivity contribution in [1.29, 1.82) is 0 Å². The number of rotatable bonds is 11. The normalized spacial score (nSPS) is 15.8. The highest BCUT2D eigenvalue weighted by atomic mass is 16.5. The van der Waals surface area contributed by atoms with E-state index in [2.05, 4.69) is 0 Å². The number of hydrogen-bond donors (Lipinski definition) is 0. The topological polar surface area (TPSA) is 66.9 Å². The summed E-state index contributed by atoms with van der Waals surface area (Å²) in [4.78, 5) is 41.6.